The smallest absolute Gasteiger partial charge is 0.326 e. The summed E-state index contributed by atoms with van der Waals surface area (Å²) in [6.45, 7) is 4.07. The summed E-state index contributed by atoms with van der Waals surface area (Å²) in [6.07, 6.45) is 0.963. The highest BCUT2D eigenvalue weighted by molar-refractivity contribution is 7.80. The number of aryl methyl sites for hydroxylation is 2. The monoisotopic (exact) mass is 327 g/mol. The lowest BCUT2D eigenvalue weighted by molar-refractivity contribution is -0.139. The third-order valence-electron chi connectivity index (χ3n) is 3.77. The first-order valence-corrected chi connectivity index (χ1v) is 7.99. The number of benzene rings is 2. The SMILES string of the molecule is Cc1ccc(C)c(CC(=S)N[C@@H](Cc2ccccc2)C(=O)O)c1. The Morgan fingerprint density at radius 1 is 1.17 bits per heavy atom. The third kappa shape index (κ3) is 5.18. The van der Waals surface area contributed by atoms with Crippen molar-refractivity contribution in [3.05, 3.63) is 70.8 Å². The number of carboxylic acid groups (broad SMARTS) is 1. The lowest BCUT2D eigenvalue weighted by atomic mass is 10.0. The number of carbonyl (C=O) groups is 1. The lowest BCUT2D eigenvalue weighted by Crippen LogP contribution is -2.42. The van der Waals surface area contributed by atoms with Crippen LogP contribution in [0.15, 0.2) is 48.5 Å². The van der Waals surface area contributed by atoms with Gasteiger partial charge in [0.15, 0.2) is 0 Å². The molecule has 0 aliphatic heterocycles. The molecule has 0 aliphatic carbocycles. The van der Waals surface area contributed by atoms with Gasteiger partial charge in [-0.2, -0.15) is 0 Å². The molecule has 2 aromatic carbocycles. The van der Waals surface area contributed by atoms with Gasteiger partial charge in [0.2, 0.25) is 0 Å². The van der Waals surface area contributed by atoms with Crippen LogP contribution >= 0.6 is 12.2 Å². The molecule has 0 aromatic heterocycles. The van der Waals surface area contributed by atoms with Gasteiger partial charge in [-0.15, -0.1) is 0 Å². The van der Waals surface area contributed by atoms with E-state index in [4.69, 9.17) is 12.2 Å². The van der Waals surface area contributed by atoms with Crippen molar-refractivity contribution in [1.29, 1.82) is 0 Å². The van der Waals surface area contributed by atoms with Gasteiger partial charge < -0.3 is 10.4 Å². The van der Waals surface area contributed by atoms with Gasteiger partial charge in [-0.25, -0.2) is 4.79 Å². The highest BCUT2D eigenvalue weighted by Crippen LogP contribution is 2.12. The Hall–Kier alpha value is -2.20. The van der Waals surface area contributed by atoms with E-state index in [9.17, 15) is 9.90 Å². The number of thiocarbonyl (C=S) groups is 1. The standard InChI is InChI=1S/C19H21NO2S/c1-13-8-9-14(2)16(10-13)12-18(23)20-17(19(21)22)11-15-6-4-3-5-7-15/h3-10,17H,11-12H2,1-2H3,(H,20,23)(H,21,22)/t17-/m0/s1. The molecular weight excluding hydrogens is 306 g/mol. The van der Waals surface area contributed by atoms with Gasteiger partial charge in [-0.3, -0.25) is 0 Å². The average molecular weight is 327 g/mol. The van der Waals surface area contributed by atoms with Crippen molar-refractivity contribution in [2.75, 3.05) is 0 Å². The molecule has 0 heterocycles. The van der Waals surface area contributed by atoms with E-state index in [1.807, 2.05) is 44.2 Å². The number of aliphatic carboxylic acids is 1. The zero-order valence-electron chi connectivity index (χ0n) is 13.4. The van der Waals surface area contributed by atoms with Gasteiger partial charge in [0, 0.05) is 12.8 Å². The second-order valence-electron chi connectivity index (χ2n) is 5.75. The molecule has 0 aliphatic rings. The summed E-state index contributed by atoms with van der Waals surface area (Å²) < 4.78 is 0. The molecule has 2 rings (SSSR count). The first kappa shape index (κ1) is 17.2. The van der Waals surface area contributed by atoms with E-state index in [0.717, 1.165) is 16.7 Å². The molecule has 0 unspecified atom stereocenters. The summed E-state index contributed by atoms with van der Waals surface area (Å²) >= 11 is 5.38. The third-order valence-corrected chi connectivity index (χ3v) is 4.03. The number of nitrogens with one attached hydrogen (secondary N) is 1. The molecule has 0 spiro atoms. The summed E-state index contributed by atoms with van der Waals surface area (Å²) in [4.78, 5) is 12.0. The van der Waals surface area contributed by atoms with Gasteiger partial charge in [0.05, 0.1) is 4.99 Å². The van der Waals surface area contributed by atoms with Gasteiger partial charge in [0.25, 0.3) is 0 Å². The van der Waals surface area contributed by atoms with Crippen LogP contribution in [0.1, 0.15) is 22.3 Å². The molecule has 0 saturated heterocycles. The summed E-state index contributed by atoms with van der Waals surface area (Å²) in [5, 5.41) is 12.4. The molecule has 23 heavy (non-hydrogen) atoms. The Morgan fingerprint density at radius 2 is 1.87 bits per heavy atom. The van der Waals surface area contributed by atoms with Gasteiger partial charge >= 0.3 is 5.97 Å². The summed E-state index contributed by atoms with van der Waals surface area (Å²) in [5.74, 6) is -0.892. The average Bonchev–Trinajstić information content (AvgIpc) is 2.51. The Labute approximate surface area is 142 Å². The Morgan fingerprint density at radius 3 is 2.52 bits per heavy atom. The van der Waals surface area contributed by atoms with Crippen LogP contribution in [0.4, 0.5) is 0 Å². The fourth-order valence-corrected chi connectivity index (χ4v) is 2.76. The quantitative estimate of drug-likeness (QED) is 0.798. The molecule has 4 heteroatoms. The predicted molar refractivity (Wildman–Crippen MR) is 96.9 cm³/mol. The summed E-state index contributed by atoms with van der Waals surface area (Å²) in [6, 6.07) is 15.1. The van der Waals surface area contributed by atoms with Gasteiger partial charge in [-0.05, 0) is 30.5 Å². The lowest BCUT2D eigenvalue weighted by Gasteiger charge is -2.17. The van der Waals surface area contributed by atoms with Crippen LogP contribution in [0.2, 0.25) is 0 Å². The van der Waals surface area contributed by atoms with Crippen LogP contribution in [-0.2, 0) is 17.6 Å². The van der Waals surface area contributed by atoms with Crippen molar-refractivity contribution in [1.82, 2.24) is 5.32 Å². The fraction of sp³-hybridized carbons (Fsp3) is 0.263. The number of hydrogen-bond acceptors (Lipinski definition) is 2. The number of hydrogen-bond donors (Lipinski definition) is 2. The minimum Gasteiger partial charge on any atom is -0.480 e. The molecular formula is C19H21NO2S. The van der Waals surface area contributed by atoms with Crippen LogP contribution in [0, 0.1) is 13.8 Å². The molecule has 1 atom stereocenters. The van der Waals surface area contributed by atoms with E-state index >= 15 is 0 Å². The van der Waals surface area contributed by atoms with E-state index in [2.05, 4.69) is 23.5 Å². The molecule has 2 aromatic rings. The van der Waals surface area contributed by atoms with Crippen LogP contribution in [-0.4, -0.2) is 22.1 Å². The second-order valence-corrected chi connectivity index (χ2v) is 6.25. The molecule has 0 amide bonds. The molecule has 3 nitrogen and oxygen atoms in total. The van der Waals surface area contributed by atoms with Crippen LogP contribution in [0.25, 0.3) is 0 Å². The van der Waals surface area contributed by atoms with Crippen molar-refractivity contribution in [3.63, 3.8) is 0 Å². The van der Waals surface area contributed by atoms with Gasteiger partial charge in [0.1, 0.15) is 6.04 Å². The number of rotatable bonds is 6. The zero-order valence-corrected chi connectivity index (χ0v) is 14.2. The van der Waals surface area contributed by atoms with E-state index in [1.165, 1.54) is 5.56 Å². The molecule has 0 saturated carbocycles. The minimum atomic E-state index is -0.892. The Kier molecular flexibility index (Phi) is 5.88. The topological polar surface area (TPSA) is 49.3 Å². The van der Waals surface area contributed by atoms with Gasteiger partial charge in [-0.1, -0.05) is 66.3 Å². The van der Waals surface area contributed by atoms with Crippen LogP contribution in [0.3, 0.4) is 0 Å². The van der Waals surface area contributed by atoms with E-state index in [0.29, 0.717) is 17.8 Å². The molecule has 0 bridgehead atoms. The van der Waals surface area contributed by atoms with E-state index < -0.39 is 12.0 Å². The maximum Gasteiger partial charge on any atom is 0.326 e. The van der Waals surface area contributed by atoms with E-state index in [1.54, 1.807) is 0 Å². The first-order valence-electron chi connectivity index (χ1n) is 7.58. The second kappa shape index (κ2) is 7.88. The highest BCUT2D eigenvalue weighted by Gasteiger charge is 2.19. The molecule has 0 fully saturated rings. The van der Waals surface area contributed by atoms with Crippen LogP contribution in [0.5, 0.6) is 0 Å². The first-order chi connectivity index (χ1) is 11.0. The maximum atomic E-state index is 11.5. The van der Waals surface area contributed by atoms with Crippen molar-refractivity contribution < 1.29 is 9.90 Å². The summed E-state index contributed by atoms with van der Waals surface area (Å²) in [5.41, 5.74) is 4.44. The zero-order chi connectivity index (χ0) is 16.8. The van der Waals surface area contributed by atoms with E-state index in [-0.39, 0.29) is 0 Å². The molecule has 0 radical (unpaired) electrons. The van der Waals surface area contributed by atoms with Crippen molar-refractivity contribution >= 4 is 23.2 Å². The number of carboxylic acids is 1. The predicted octanol–water partition coefficient (Wildman–Crippen LogP) is 3.46. The molecule has 120 valence electrons. The Bertz CT molecular complexity index is 698. The van der Waals surface area contributed by atoms with Crippen LogP contribution < -0.4 is 5.32 Å². The van der Waals surface area contributed by atoms with Crippen molar-refractivity contribution in [3.8, 4) is 0 Å². The maximum absolute atomic E-state index is 11.5. The highest BCUT2D eigenvalue weighted by atomic mass is 32.1. The van der Waals surface area contributed by atoms with Crippen molar-refractivity contribution in [2.24, 2.45) is 0 Å². The largest absolute Gasteiger partial charge is 0.480 e. The molecule has 2 N–H and O–H groups in total. The Balaban J connectivity index is 2.03. The minimum absolute atomic E-state index is 0.406. The summed E-state index contributed by atoms with van der Waals surface area (Å²) in [7, 11) is 0. The van der Waals surface area contributed by atoms with Crippen molar-refractivity contribution in [2.45, 2.75) is 32.7 Å². The normalized spacial score (nSPS) is 11.7. The fourth-order valence-electron chi connectivity index (χ4n) is 2.46.